The minimum Gasteiger partial charge on any atom is -0.378 e. The van der Waals surface area contributed by atoms with E-state index in [-0.39, 0.29) is 60.1 Å². The lowest BCUT2D eigenvalue weighted by Gasteiger charge is -2.40. The van der Waals surface area contributed by atoms with Crippen molar-refractivity contribution in [3.05, 3.63) is 0 Å². The van der Waals surface area contributed by atoms with Gasteiger partial charge >= 0.3 is 0 Å². The Labute approximate surface area is 684 Å². The molecule has 7 aliphatic rings. The summed E-state index contributed by atoms with van der Waals surface area (Å²) in [6.45, 7) is 93.2. The number of hydrogen-bond acceptors (Lipinski definition) is 10. The van der Waals surface area contributed by atoms with E-state index in [0.29, 0.717) is 108 Å². The Morgan fingerprint density at radius 2 is 0.667 bits per heavy atom. The third-order valence-corrected chi connectivity index (χ3v) is 39.0. The van der Waals surface area contributed by atoms with Crippen molar-refractivity contribution >= 4 is 62.9 Å². The van der Waals surface area contributed by atoms with E-state index >= 15 is 0 Å². The molecule has 18 unspecified atom stereocenters. The molecule has 0 aliphatic carbocycles. The summed E-state index contributed by atoms with van der Waals surface area (Å²) in [5.41, 5.74) is 2.52. The lowest BCUT2D eigenvalue weighted by molar-refractivity contribution is -0.0437. The van der Waals surface area contributed by atoms with Crippen LogP contribution in [0, 0.1) is 130 Å². The summed E-state index contributed by atoms with van der Waals surface area (Å²) in [5.74, 6) is 11.1. The first-order valence-electron chi connectivity index (χ1n) is 42.8. The zero-order chi connectivity index (χ0) is 85.1. The van der Waals surface area contributed by atoms with Crippen LogP contribution in [0.5, 0.6) is 0 Å². The molecule has 0 aromatic heterocycles. The van der Waals surface area contributed by atoms with Gasteiger partial charge in [-0.2, -0.15) is 0 Å². The van der Waals surface area contributed by atoms with Crippen LogP contribution in [-0.4, -0.2) is 127 Å². The van der Waals surface area contributed by atoms with E-state index in [4.69, 9.17) is 9.47 Å². The van der Waals surface area contributed by atoms with E-state index in [2.05, 4.69) is 263 Å². The molecule has 0 N–H and O–H groups in total. The van der Waals surface area contributed by atoms with Crippen LogP contribution < -0.4 is 0 Å². The van der Waals surface area contributed by atoms with E-state index in [1.54, 1.807) is 0 Å². The van der Waals surface area contributed by atoms with Gasteiger partial charge in [0.1, 0.15) is 0 Å². The standard InChI is InChI=1S/2C14H28O2S.C14H28OS.C13H26O2.C13H26OS.2C12H24OS/c1-13(2,3)11-7-8-12(14(4,5)6)10-17(15,16)9-11;1-13(2,3)11-8-7-9-12(14(4,5)6)17(15,16)10-11;1-13(2,3)11-7-8-12(14(4,5)6)16(15)10-9-11;1-12(2,3)10-7-14-9-11(15-8-10)13(4,5)6;1-12(2,3)10-7-8-11(13(4,5)6)15(14)9-10;1-11(2,3)9-7-10(12(4,5)6)14(13)8-9;1-9(2)10-6-11(12(3,4)5)8-14(13)7-10/h2*11-12H,7-10H2,1-6H3;11-12H,7-10H2,1-6H3;2*10-11H,7-9H2,1-6H3;9-10H,7-8H2,1-6H3;9-11H,6-8H2,1-5H3. The Balaban J connectivity index is 0.000000631. The molecule has 648 valence electrons. The van der Waals surface area contributed by atoms with Crippen LogP contribution in [0.4, 0.5) is 0 Å². The first kappa shape index (κ1) is 106. The second kappa shape index (κ2) is 40.9. The predicted octanol–water partition coefficient (Wildman–Crippen LogP) is 24.2. The zero-order valence-electron chi connectivity index (χ0n) is 79.0. The highest BCUT2D eigenvalue weighted by Crippen LogP contribution is 2.47. The molecule has 0 aromatic carbocycles. The first-order chi connectivity index (χ1) is 47.7. The van der Waals surface area contributed by atoms with Crippen LogP contribution in [0.2, 0.25) is 0 Å². The number of rotatable bonds is 1. The summed E-state index contributed by atoms with van der Waals surface area (Å²) < 4.78 is 109. The van der Waals surface area contributed by atoms with Crippen LogP contribution in [0.1, 0.15) is 361 Å². The minimum absolute atomic E-state index is 0.0971. The van der Waals surface area contributed by atoms with E-state index < -0.39 is 62.9 Å². The van der Waals surface area contributed by atoms with Gasteiger partial charge in [-0.1, -0.05) is 290 Å². The largest absolute Gasteiger partial charge is 0.378 e. The Morgan fingerprint density at radius 3 is 1.02 bits per heavy atom. The van der Waals surface area contributed by atoms with Gasteiger partial charge in [-0.3, -0.25) is 16.8 Å². The van der Waals surface area contributed by atoms with Gasteiger partial charge in [0, 0.05) is 93.6 Å². The maximum Gasteiger partial charge on any atom is 0.153 e. The molecule has 16 heteroatoms. The molecule has 7 aliphatic heterocycles. The van der Waals surface area contributed by atoms with E-state index in [1.165, 1.54) is 19.3 Å². The van der Waals surface area contributed by atoms with E-state index in [1.807, 2.05) is 20.8 Å². The Morgan fingerprint density at radius 1 is 0.306 bits per heavy atom. The van der Waals surface area contributed by atoms with Gasteiger partial charge in [-0.25, -0.2) is 16.8 Å². The van der Waals surface area contributed by atoms with Gasteiger partial charge in [-0.05, 0) is 194 Å². The quantitative estimate of drug-likeness (QED) is 0.248. The summed E-state index contributed by atoms with van der Waals surface area (Å²) >= 11 is 0. The monoisotopic (exact) mass is 1640 g/mol. The van der Waals surface area contributed by atoms with Crippen LogP contribution in [-0.2, 0) is 72.3 Å². The van der Waals surface area contributed by atoms with Crippen LogP contribution >= 0.6 is 0 Å². The van der Waals surface area contributed by atoms with Gasteiger partial charge in [0.2, 0.25) is 0 Å². The van der Waals surface area contributed by atoms with Crippen molar-refractivity contribution in [2.75, 3.05) is 65.8 Å². The SMILES string of the molecule is CC(C)(C)C1CC(C(C)(C)C)S(=O)C1.CC(C)(C)C1CCC(C(C)(C)C)CS(=O)(=O)C1.CC(C)(C)C1CCC(C(C)(C)C)S(=O)C1.CC(C)(C)C1CCC(C(C)(C)C)S(=O)CC1.CC(C)(C)C1CCCC(C(C)(C)C)S(=O)(=O)C1.CC(C)(C)C1COCC(C(C)(C)C)OC1.CC(C)C1CC(C(C)(C)C)CS(=O)C1. The molecule has 0 aromatic rings. The van der Waals surface area contributed by atoms with Crippen molar-refractivity contribution < 1.29 is 43.1 Å². The van der Waals surface area contributed by atoms with Gasteiger partial charge in [0.05, 0.1) is 48.4 Å². The summed E-state index contributed by atoms with van der Waals surface area (Å²) in [5, 5.41) is 1.02. The molecule has 7 heterocycles. The zero-order valence-corrected chi connectivity index (χ0v) is 83.9. The third kappa shape index (κ3) is 38.0. The highest BCUT2D eigenvalue weighted by Gasteiger charge is 2.46. The maximum atomic E-state index is 12.5. The van der Waals surface area contributed by atoms with Gasteiger partial charge in [0.25, 0.3) is 0 Å². The predicted molar refractivity (Wildman–Crippen MR) is 480 cm³/mol. The van der Waals surface area contributed by atoms with Crippen molar-refractivity contribution in [3.63, 3.8) is 0 Å². The van der Waals surface area contributed by atoms with Crippen molar-refractivity contribution in [1.29, 1.82) is 0 Å². The molecule has 108 heavy (non-hydrogen) atoms. The second-order valence-corrected chi connectivity index (χ2v) is 60.4. The first-order valence-corrected chi connectivity index (χ1v) is 52.0. The molecule has 7 saturated heterocycles. The Hall–Kier alpha value is 0.420. The van der Waals surface area contributed by atoms with Crippen LogP contribution in [0.25, 0.3) is 0 Å². The highest BCUT2D eigenvalue weighted by atomic mass is 32.2. The highest BCUT2D eigenvalue weighted by molar-refractivity contribution is 7.92. The summed E-state index contributed by atoms with van der Waals surface area (Å²) in [4.78, 5) is 0. The second-order valence-electron chi connectivity index (χ2n) is 49.4. The molecule has 18 atom stereocenters. The molecular formula is C92H184O10S6. The minimum atomic E-state index is -2.95. The van der Waals surface area contributed by atoms with Crippen molar-refractivity contribution in [2.45, 2.75) is 388 Å². The Bertz CT molecular complexity index is 2910. The third-order valence-electron chi connectivity index (χ3n) is 26.1. The van der Waals surface area contributed by atoms with Gasteiger partial charge in [0.15, 0.2) is 19.7 Å². The Kier molecular flexibility index (Phi) is 40.3. The molecule has 0 bridgehead atoms. The fourth-order valence-electron chi connectivity index (χ4n) is 16.4. The molecule has 0 spiro atoms. The summed E-state index contributed by atoms with van der Waals surface area (Å²) in [7, 11) is -8.25. The number of sulfone groups is 2. The molecule has 7 rings (SSSR count). The fraction of sp³-hybridized carbons (Fsp3) is 1.00. The lowest BCUT2D eigenvalue weighted by atomic mass is 9.74. The molecule has 0 amide bonds. The number of hydrogen-bond donors (Lipinski definition) is 0. The average Bonchev–Trinajstić information content (AvgIpc) is 1.67. The molecule has 10 nitrogen and oxygen atoms in total. The molecule has 0 saturated carbocycles. The molecule has 7 fully saturated rings. The molecular weight excluding hydrogens is 1460 g/mol. The fourth-order valence-corrected chi connectivity index (χ4v) is 31.4. The van der Waals surface area contributed by atoms with Crippen molar-refractivity contribution in [3.8, 4) is 0 Å². The smallest absolute Gasteiger partial charge is 0.153 e. The normalized spacial score (nSPS) is 32.6. The summed E-state index contributed by atoms with van der Waals surface area (Å²) in [6.07, 6.45) is 13.6. The van der Waals surface area contributed by atoms with Gasteiger partial charge < -0.3 is 9.47 Å². The maximum absolute atomic E-state index is 12.5. The van der Waals surface area contributed by atoms with E-state index in [0.717, 1.165) is 112 Å². The topological polar surface area (TPSA) is 155 Å². The average molecular weight is 1640 g/mol. The lowest BCUT2D eigenvalue weighted by Crippen LogP contribution is -2.41. The van der Waals surface area contributed by atoms with Crippen molar-refractivity contribution in [2.24, 2.45) is 130 Å². The number of ether oxygens (including phenoxy) is 2. The van der Waals surface area contributed by atoms with Crippen LogP contribution in [0.15, 0.2) is 0 Å². The van der Waals surface area contributed by atoms with E-state index in [9.17, 15) is 33.7 Å². The van der Waals surface area contributed by atoms with Crippen molar-refractivity contribution in [1.82, 2.24) is 0 Å². The van der Waals surface area contributed by atoms with Gasteiger partial charge in [-0.15, -0.1) is 0 Å². The summed E-state index contributed by atoms with van der Waals surface area (Å²) in [6, 6.07) is 0. The molecule has 0 radical (unpaired) electrons. The van der Waals surface area contributed by atoms with Crippen LogP contribution in [0.3, 0.4) is 0 Å².